The van der Waals surface area contributed by atoms with Gasteiger partial charge in [-0.1, -0.05) is 106 Å². The summed E-state index contributed by atoms with van der Waals surface area (Å²) in [5.41, 5.74) is 0.449. The van der Waals surface area contributed by atoms with Crippen LogP contribution in [0, 0.1) is 17.3 Å². The Hall–Kier alpha value is 0.130. The Labute approximate surface area is 132 Å². The van der Waals surface area contributed by atoms with Crippen molar-refractivity contribution in [3.8, 4) is 0 Å². The van der Waals surface area contributed by atoms with E-state index >= 15 is 0 Å². The van der Waals surface area contributed by atoms with Gasteiger partial charge in [0.2, 0.25) is 0 Å². The Morgan fingerprint density at radius 2 is 1.10 bits per heavy atom. The van der Waals surface area contributed by atoms with E-state index in [1.54, 1.807) is 0 Å². The van der Waals surface area contributed by atoms with Crippen molar-refractivity contribution in [3.63, 3.8) is 0 Å². The molecule has 0 saturated heterocycles. The van der Waals surface area contributed by atoms with E-state index in [1.807, 2.05) is 0 Å². The maximum Gasteiger partial charge on any atom is 0.147 e. The van der Waals surface area contributed by atoms with Crippen LogP contribution in [0.15, 0.2) is 0 Å². The highest BCUT2D eigenvalue weighted by atomic mass is 14.4. The van der Waals surface area contributed by atoms with Crippen LogP contribution in [0.1, 0.15) is 81.6 Å². The largest absolute Gasteiger partial charge is 0.147 e. The second-order valence-electron chi connectivity index (χ2n) is 8.06. The molecule has 0 aromatic heterocycles. The maximum absolute atomic E-state index is 2.51. The summed E-state index contributed by atoms with van der Waals surface area (Å²) in [4.78, 5) is 0. The Morgan fingerprint density at radius 1 is 0.750 bits per heavy atom. The minimum atomic E-state index is 0. The van der Waals surface area contributed by atoms with Crippen LogP contribution in [-0.4, -0.2) is 15.1 Å². The topological polar surface area (TPSA) is 0 Å². The Kier molecular flexibility index (Phi) is 10.3. The van der Waals surface area contributed by atoms with Crippen LogP contribution in [0.3, 0.4) is 0 Å². The highest BCUT2D eigenvalue weighted by Gasteiger charge is 2.48. The van der Waals surface area contributed by atoms with Crippen LogP contribution in [0.25, 0.3) is 0 Å². The van der Waals surface area contributed by atoms with Gasteiger partial charge in [-0.25, -0.2) is 0 Å². The molecule has 0 N–H and O–H groups in total. The van der Waals surface area contributed by atoms with E-state index in [-0.39, 0.29) is 8.41 Å². The summed E-state index contributed by atoms with van der Waals surface area (Å²) in [5, 5.41) is 0.510. The minimum absolute atomic E-state index is 0. The molecular formula is C18H42B2. The van der Waals surface area contributed by atoms with Gasteiger partial charge in [0.25, 0.3) is 0 Å². The van der Waals surface area contributed by atoms with Gasteiger partial charge in [0.05, 0.1) is 8.41 Å². The molecule has 20 heavy (non-hydrogen) atoms. The molecule has 120 valence electrons. The predicted molar refractivity (Wildman–Crippen MR) is 102 cm³/mol. The van der Waals surface area contributed by atoms with Crippen LogP contribution < -0.4 is 0 Å². The molecule has 0 rings (SSSR count). The lowest BCUT2D eigenvalue weighted by molar-refractivity contribution is 0.199. The standard InChI is InChI=1S/C18H39B.BH3/c1-10-17(8,9)18(11-2,12-3)19(13-15(4)5)14-16(6)7;/h15-16H,10-14H2,1-9H3;1H3. The first-order valence-electron chi connectivity index (χ1n) is 8.66. The first kappa shape index (κ1) is 22.4. The van der Waals surface area contributed by atoms with E-state index in [1.165, 1.54) is 31.9 Å². The third-order valence-electron chi connectivity index (χ3n) is 5.79. The fourth-order valence-electron chi connectivity index (χ4n) is 4.37. The summed E-state index contributed by atoms with van der Waals surface area (Å²) in [6.45, 7) is 22.7. The molecule has 0 saturated carbocycles. The molecule has 0 amide bonds. The Morgan fingerprint density at radius 3 is 1.30 bits per heavy atom. The molecule has 0 aromatic rings. The number of hydrogen-bond donors (Lipinski definition) is 0. The first-order chi connectivity index (χ1) is 8.66. The van der Waals surface area contributed by atoms with Crippen molar-refractivity contribution in [1.29, 1.82) is 0 Å². The van der Waals surface area contributed by atoms with E-state index in [4.69, 9.17) is 0 Å². The Bertz CT molecular complexity index is 230. The van der Waals surface area contributed by atoms with Crippen molar-refractivity contribution in [2.24, 2.45) is 17.3 Å². The van der Waals surface area contributed by atoms with Crippen LogP contribution >= 0.6 is 0 Å². The van der Waals surface area contributed by atoms with E-state index < -0.39 is 0 Å². The van der Waals surface area contributed by atoms with Crippen LogP contribution in [-0.2, 0) is 0 Å². The van der Waals surface area contributed by atoms with Gasteiger partial charge >= 0.3 is 0 Å². The molecular weight excluding hydrogens is 238 g/mol. The van der Waals surface area contributed by atoms with Crippen molar-refractivity contribution in [2.45, 2.75) is 99.5 Å². The van der Waals surface area contributed by atoms with Gasteiger partial charge in [-0.05, 0) is 10.7 Å². The molecule has 0 unspecified atom stereocenters. The van der Waals surface area contributed by atoms with E-state index in [9.17, 15) is 0 Å². The van der Waals surface area contributed by atoms with E-state index in [0.29, 0.717) is 10.7 Å². The molecule has 0 aliphatic carbocycles. The van der Waals surface area contributed by atoms with Crippen molar-refractivity contribution in [1.82, 2.24) is 0 Å². The first-order valence-corrected chi connectivity index (χ1v) is 8.66. The lowest BCUT2D eigenvalue weighted by Gasteiger charge is -2.51. The van der Waals surface area contributed by atoms with E-state index in [0.717, 1.165) is 18.5 Å². The van der Waals surface area contributed by atoms with Gasteiger partial charge < -0.3 is 0 Å². The molecule has 0 bridgehead atoms. The third-order valence-corrected chi connectivity index (χ3v) is 5.79. The average molecular weight is 280 g/mol. The molecule has 0 heterocycles. The molecule has 0 fully saturated rings. The zero-order valence-corrected chi connectivity index (χ0v) is 15.3. The molecule has 0 aliphatic heterocycles. The second kappa shape index (κ2) is 9.21. The lowest BCUT2D eigenvalue weighted by Crippen LogP contribution is -2.44. The summed E-state index contributed by atoms with van der Waals surface area (Å²) in [6.07, 6.45) is 6.73. The second-order valence-corrected chi connectivity index (χ2v) is 8.06. The highest BCUT2D eigenvalue weighted by molar-refractivity contribution is 6.62. The quantitative estimate of drug-likeness (QED) is 0.482. The SMILES string of the molecule is B.CCC(C)(C)C(CC)(CC)B(CC(C)C)CC(C)C. The van der Waals surface area contributed by atoms with Gasteiger partial charge in [-0.15, -0.1) is 0 Å². The van der Waals surface area contributed by atoms with Crippen LogP contribution in [0.2, 0.25) is 18.0 Å². The van der Waals surface area contributed by atoms with Crippen molar-refractivity contribution in [3.05, 3.63) is 0 Å². The van der Waals surface area contributed by atoms with E-state index in [2.05, 4.69) is 62.3 Å². The summed E-state index contributed by atoms with van der Waals surface area (Å²) < 4.78 is 0. The fraction of sp³-hybridized carbons (Fsp3) is 1.00. The highest BCUT2D eigenvalue weighted by Crippen LogP contribution is 2.57. The summed E-state index contributed by atoms with van der Waals surface area (Å²) >= 11 is 0. The number of rotatable bonds is 9. The summed E-state index contributed by atoms with van der Waals surface area (Å²) in [5.74, 6) is 1.63. The van der Waals surface area contributed by atoms with Gasteiger partial charge in [-0.3, -0.25) is 0 Å². The molecule has 0 spiro atoms. The molecule has 0 aliphatic rings. The van der Waals surface area contributed by atoms with Gasteiger partial charge in [0.1, 0.15) is 6.71 Å². The predicted octanol–water partition coefficient (Wildman–Crippen LogP) is 5.61. The van der Waals surface area contributed by atoms with Gasteiger partial charge in [-0.2, -0.15) is 0 Å². The van der Waals surface area contributed by atoms with Gasteiger partial charge in [0.15, 0.2) is 0 Å². The summed E-state index contributed by atoms with van der Waals surface area (Å²) in [7, 11) is 0. The fourth-order valence-corrected chi connectivity index (χ4v) is 4.37. The molecule has 0 aromatic carbocycles. The summed E-state index contributed by atoms with van der Waals surface area (Å²) in [6, 6.07) is 0. The van der Waals surface area contributed by atoms with Gasteiger partial charge in [0, 0.05) is 0 Å². The average Bonchev–Trinajstić information content (AvgIpc) is 2.29. The zero-order chi connectivity index (χ0) is 15.3. The van der Waals surface area contributed by atoms with Crippen molar-refractivity contribution in [2.75, 3.05) is 0 Å². The molecule has 0 radical (unpaired) electrons. The van der Waals surface area contributed by atoms with Crippen molar-refractivity contribution < 1.29 is 0 Å². The van der Waals surface area contributed by atoms with Crippen LogP contribution in [0.4, 0.5) is 0 Å². The Balaban J connectivity index is 0. The third kappa shape index (κ3) is 5.15. The van der Waals surface area contributed by atoms with Crippen molar-refractivity contribution >= 4 is 15.1 Å². The number of hydrogen-bond acceptors (Lipinski definition) is 0. The monoisotopic (exact) mass is 280 g/mol. The maximum atomic E-state index is 2.51. The molecule has 0 atom stereocenters. The smallest absolute Gasteiger partial charge is 0.0713 e. The zero-order valence-electron chi connectivity index (χ0n) is 15.3. The minimum Gasteiger partial charge on any atom is -0.0713 e. The lowest BCUT2D eigenvalue weighted by atomic mass is 9.22. The molecule has 0 nitrogen and oxygen atoms in total. The normalized spacial score (nSPS) is 12.8. The van der Waals surface area contributed by atoms with Crippen LogP contribution in [0.5, 0.6) is 0 Å². The molecule has 2 heteroatoms.